The highest BCUT2D eigenvalue weighted by molar-refractivity contribution is 5.94. The number of fused-ring (bicyclic) bond motifs is 1. The first-order valence-corrected chi connectivity index (χ1v) is 4.11. The largest absolute Gasteiger partial charge is 0.315 e. The van der Waals surface area contributed by atoms with Crippen molar-refractivity contribution >= 4 is 16.5 Å². The van der Waals surface area contributed by atoms with Gasteiger partial charge < -0.3 is 5.32 Å². The quantitative estimate of drug-likeness (QED) is 0.508. The summed E-state index contributed by atoms with van der Waals surface area (Å²) in [5.41, 5.74) is 0.987. The maximum atomic E-state index is 5.19. The van der Waals surface area contributed by atoms with Gasteiger partial charge in [0, 0.05) is 11.4 Å². The second kappa shape index (κ2) is 3.20. The Morgan fingerprint density at radius 1 is 1.00 bits per heavy atom. The van der Waals surface area contributed by atoms with E-state index >= 15 is 0 Å². The first-order valence-electron chi connectivity index (χ1n) is 4.11. The number of hydrogen-bond acceptors (Lipinski definition) is 1. The average molecular weight is 167 g/mol. The Kier molecular flexibility index (Phi) is 1.90. The van der Waals surface area contributed by atoms with Crippen LogP contribution in [0, 0.1) is 12.5 Å². The average Bonchev–Trinajstić information content (AvgIpc) is 2.19. The summed E-state index contributed by atoms with van der Waals surface area (Å²) in [5.74, 6) is 0. The van der Waals surface area contributed by atoms with Crippen molar-refractivity contribution in [3.63, 3.8) is 0 Å². The molecular formula is C12H9N. The molecule has 1 N–H and O–H groups in total. The van der Waals surface area contributed by atoms with Crippen LogP contribution in [0.4, 0.5) is 5.69 Å². The van der Waals surface area contributed by atoms with Crippen molar-refractivity contribution in [1.82, 2.24) is 0 Å². The van der Waals surface area contributed by atoms with Crippen LogP contribution >= 0.6 is 0 Å². The van der Waals surface area contributed by atoms with E-state index in [9.17, 15) is 0 Å². The second-order valence-electron chi connectivity index (χ2n) is 2.80. The normalized spacial score (nSPS) is 9.46. The van der Waals surface area contributed by atoms with Crippen molar-refractivity contribution in [2.45, 2.75) is 0 Å². The van der Waals surface area contributed by atoms with Crippen LogP contribution in [0.15, 0.2) is 42.5 Å². The minimum Gasteiger partial charge on any atom is -0.315 e. The van der Waals surface area contributed by atoms with E-state index in [2.05, 4.69) is 29.6 Å². The van der Waals surface area contributed by atoms with Crippen LogP contribution in [0.25, 0.3) is 10.8 Å². The molecule has 13 heavy (non-hydrogen) atoms. The lowest BCUT2D eigenvalue weighted by atomic mass is 10.1. The van der Waals surface area contributed by atoms with Gasteiger partial charge in [0.25, 0.3) is 0 Å². The Morgan fingerprint density at radius 2 is 1.77 bits per heavy atom. The molecule has 0 aliphatic carbocycles. The predicted molar refractivity (Wildman–Crippen MR) is 56.4 cm³/mol. The van der Waals surface area contributed by atoms with Crippen LogP contribution in [0.3, 0.4) is 0 Å². The molecule has 0 heterocycles. The van der Waals surface area contributed by atoms with Gasteiger partial charge in [-0.05, 0) is 11.5 Å². The SMILES string of the molecule is C#CNc1cccc2ccccc12. The van der Waals surface area contributed by atoms with Crippen LogP contribution in [-0.4, -0.2) is 0 Å². The maximum absolute atomic E-state index is 5.19. The summed E-state index contributed by atoms with van der Waals surface area (Å²) in [4.78, 5) is 0. The van der Waals surface area contributed by atoms with Crippen molar-refractivity contribution in [3.05, 3.63) is 42.5 Å². The molecule has 1 nitrogen and oxygen atoms in total. The summed E-state index contributed by atoms with van der Waals surface area (Å²) in [6.07, 6.45) is 5.19. The van der Waals surface area contributed by atoms with Gasteiger partial charge in [0.2, 0.25) is 0 Å². The monoisotopic (exact) mass is 167 g/mol. The van der Waals surface area contributed by atoms with E-state index in [1.54, 1.807) is 0 Å². The molecule has 62 valence electrons. The van der Waals surface area contributed by atoms with E-state index in [0.29, 0.717) is 0 Å². The van der Waals surface area contributed by atoms with E-state index in [-0.39, 0.29) is 0 Å². The van der Waals surface area contributed by atoms with E-state index in [0.717, 1.165) is 11.1 Å². The van der Waals surface area contributed by atoms with Gasteiger partial charge in [0.1, 0.15) is 0 Å². The Bertz CT molecular complexity index is 461. The smallest absolute Gasteiger partial charge is 0.0537 e. The third kappa shape index (κ3) is 1.34. The first-order chi connectivity index (χ1) is 6.42. The summed E-state index contributed by atoms with van der Waals surface area (Å²) >= 11 is 0. The molecule has 2 aromatic rings. The number of rotatable bonds is 1. The van der Waals surface area contributed by atoms with Crippen molar-refractivity contribution in [3.8, 4) is 12.5 Å². The summed E-state index contributed by atoms with van der Waals surface area (Å²) in [5, 5.41) is 5.23. The lowest BCUT2D eigenvalue weighted by molar-refractivity contribution is 1.68. The lowest BCUT2D eigenvalue weighted by Gasteiger charge is -2.03. The van der Waals surface area contributed by atoms with Crippen LogP contribution in [0.2, 0.25) is 0 Å². The molecule has 0 saturated heterocycles. The standard InChI is InChI=1S/C12H9N/c1-2-13-12-9-5-7-10-6-3-4-8-11(10)12/h1,3-9,13H. The number of nitrogens with one attached hydrogen (secondary N) is 1. The van der Waals surface area contributed by atoms with Crippen LogP contribution in [0.5, 0.6) is 0 Å². The van der Waals surface area contributed by atoms with E-state index in [1.807, 2.05) is 24.3 Å². The van der Waals surface area contributed by atoms with Crippen LogP contribution in [-0.2, 0) is 0 Å². The number of anilines is 1. The summed E-state index contributed by atoms with van der Waals surface area (Å²) in [6, 6.07) is 16.6. The summed E-state index contributed by atoms with van der Waals surface area (Å²) in [7, 11) is 0. The molecule has 0 aliphatic rings. The Labute approximate surface area is 77.4 Å². The minimum absolute atomic E-state index is 0.987. The second-order valence-corrected chi connectivity index (χ2v) is 2.80. The topological polar surface area (TPSA) is 12.0 Å². The molecule has 0 radical (unpaired) electrons. The minimum atomic E-state index is 0.987. The summed E-state index contributed by atoms with van der Waals surface area (Å²) in [6.45, 7) is 0. The van der Waals surface area contributed by atoms with E-state index in [4.69, 9.17) is 6.42 Å². The molecular weight excluding hydrogens is 158 g/mol. The Balaban J connectivity index is 2.70. The highest BCUT2D eigenvalue weighted by Gasteiger charge is 1.96. The zero-order chi connectivity index (χ0) is 9.10. The third-order valence-corrected chi connectivity index (χ3v) is 2.00. The van der Waals surface area contributed by atoms with Crippen molar-refractivity contribution in [2.24, 2.45) is 0 Å². The molecule has 0 saturated carbocycles. The van der Waals surface area contributed by atoms with Crippen molar-refractivity contribution < 1.29 is 0 Å². The first kappa shape index (κ1) is 7.70. The molecule has 1 heteroatoms. The highest BCUT2D eigenvalue weighted by Crippen LogP contribution is 2.22. The zero-order valence-corrected chi connectivity index (χ0v) is 7.12. The number of benzene rings is 2. The number of terminal acetylenes is 1. The van der Waals surface area contributed by atoms with Gasteiger partial charge in [-0.3, -0.25) is 0 Å². The summed E-state index contributed by atoms with van der Waals surface area (Å²) < 4.78 is 0. The van der Waals surface area contributed by atoms with Gasteiger partial charge in [0.05, 0.1) is 5.69 Å². The van der Waals surface area contributed by atoms with Gasteiger partial charge >= 0.3 is 0 Å². The Morgan fingerprint density at radius 3 is 2.62 bits per heavy atom. The van der Waals surface area contributed by atoms with Gasteiger partial charge in [-0.1, -0.05) is 42.8 Å². The molecule has 2 rings (SSSR count). The maximum Gasteiger partial charge on any atom is 0.0537 e. The molecule has 0 atom stereocenters. The molecule has 0 aromatic heterocycles. The van der Waals surface area contributed by atoms with Gasteiger partial charge in [-0.15, -0.1) is 0 Å². The fourth-order valence-corrected chi connectivity index (χ4v) is 1.41. The molecule has 2 aromatic carbocycles. The van der Waals surface area contributed by atoms with E-state index < -0.39 is 0 Å². The van der Waals surface area contributed by atoms with Crippen LogP contribution in [0.1, 0.15) is 0 Å². The molecule has 0 fully saturated rings. The fourth-order valence-electron chi connectivity index (χ4n) is 1.41. The predicted octanol–water partition coefficient (Wildman–Crippen LogP) is 2.84. The van der Waals surface area contributed by atoms with Gasteiger partial charge in [-0.25, -0.2) is 0 Å². The van der Waals surface area contributed by atoms with E-state index in [1.165, 1.54) is 5.39 Å². The molecule has 0 unspecified atom stereocenters. The zero-order valence-electron chi connectivity index (χ0n) is 7.12. The lowest BCUT2D eigenvalue weighted by Crippen LogP contribution is -1.87. The number of hydrogen-bond donors (Lipinski definition) is 1. The molecule has 0 aliphatic heterocycles. The highest BCUT2D eigenvalue weighted by atomic mass is 14.8. The fraction of sp³-hybridized carbons (Fsp3) is 0. The van der Waals surface area contributed by atoms with Gasteiger partial charge in [0.15, 0.2) is 0 Å². The van der Waals surface area contributed by atoms with Crippen molar-refractivity contribution in [2.75, 3.05) is 5.32 Å². The molecule has 0 amide bonds. The molecule has 0 spiro atoms. The van der Waals surface area contributed by atoms with Crippen molar-refractivity contribution in [1.29, 1.82) is 0 Å². The van der Waals surface area contributed by atoms with Crippen LogP contribution < -0.4 is 5.32 Å². The third-order valence-electron chi connectivity index (χ3n) is 2.00. The molecule has 0 bridgehead atoms. The van der Waals surface area contributed by atoms with Gasteiger partial charge in [-0.2, -0.15) is 0 Å². The Hall–Kier alpha value is -1.94.